The van der Waals surface area contributed by atoms with Crippen LogP contribution >= 0.6 is 11.3 Å². The van der Waals surface area contributed by atoms with Gasteiger partial charge in [0, 0.05) is 45.2 Å². The molecule has 128 valence electrons. The van der Waals surface area contributed by atoms with Crippen molar-refractivity contribution in [3.05, 3.63) is 10.6 Å². The number of likely N-dealkylation sites (N-methyl/N-ethyl adjacent to an activating group) is 1. The molecule has 0 spiro atoms. The van der Waals surface area contributed by atoms with Crippen LogP contribution in [0, 0.1) is 0 Å². The van der Waals surface area contributed by atoms with Crippen LogP contribution in [0.25, 0.3) is 0 Å². The van der Waals surface area contributed by atoms with Crippen LogP contribution in [0.5, 0.6) is 0 Å². The maximum absolute atomic E-state index is 12.1. The first-order valence-electron chi connectivity index (χ1n) is 8.15. The molecular weight excluding hydrogens is 314 g/mol. The summed E-state index contributed by atoms with van der Waals surface area (Å²) in [5, 5.41) is 6.45. The van der Waals surface area contributed by atoms with Gasteiger partial charge in [-0.15, -0.1) is 0 Å². The summed E-state index contributed by atoms with van der Waals surface area (Å²) in [6.45, 7) is 8.41. The van der Waals surface area contributed by atoms with Crippen LogP contribution in [-0.2, 0) is 17.8 Å². The summed E-state index contributed by atoms with van der Waals surface area (Å²) < 4.78 is 5.40. The van der Waals surface area contributed by atoms with Gasteiger partial charge in [0.25, 0.3) is 0 Å². The Balaban J connectivity index is 1.43. The van der Waals surface area contributed by atoms with Gasteiger partial charge in [-0.1, -0.05) is 11.3 Å². The van der Waals surface area contributed by atoms with E-state index in [0.717, 1.165) is 43.2 Å². The van der Waals surface area contributed by atoms with Crippen molar-refractivity contribution in [1.82, 2.24) is 20.1 Å². The van der Waals surface area contributed by atoms with Gasteiger partial charge in [-0.3, -0.25) is 10.2 Å². The van der Waals surface area contributed by atoms with E-state index in [1.54, 1.807) is 0 Å². The zero-order valence-electron chi connectivity index (χ0n) is 13.8. The number of aromatic nitrogens is 1. The Morgan fingerprint density at radius 1 is 1.39 bits per heavy atom. The van der Waals surface area contributed by atoms with E-state index in [1.807, 2.05) is 0 Å². The van der Waals surface area contributed by atoms with Crippen LogP contribution < -0.4 is 10.6 Å². The van der Waals surface area contributed by atoms with Gasteiger partial charge in [0.2, 0.25) is 0 Å². The monoisotopic (exact) mass is 339 g/mol. The number of ether oxygens (including phenoxy) is 1. The van der Waals surface area contributed by atoms with Gasteiger partial charge in [-0.2, -0.15) is 0 Å². The lowest BCUT2D eigenvalue weighted by atomic mass is 10.2. The number of thiazole rings is 1. The molecule has 0 radical (unpaired) electrons. The van der Waals surface area contributed by atoms with Crippen molar-refractivity contribution in [3.8, 4) is 0 Å². The predicted molar refractivity (Wildman–Crippen MR) is 91.0 cm³/mol. The molecule has 1 aromatic rings. The minimum absolute atomic E-state index is 0.182. The summed E-state index contributed by atoms with van der Waals surface area (Å²) in [6.07, 6.45) is 0.829. The average Bonchev–Trinajstić information content (AvgIpc) is 2.95. The number of nitrogens with zero attached hydrogens (tertiary/aromatic N) is 3. The lowest BCUT2D eigenvalue weighted by Gasteiger charge is -2.36. The van der Waals surface area contributed by atoms with Gasteiger partial charge < -0.3 is 15.0 Å². The number of fused-ring (bicyclic) bond motifs is 1. The third-order valence-electron chi connectivity index (χ3n) is 4.43. The Hall–Kier alpha value is -1.22. The summed E-state index contributed by atoms with van der Waals surface area (Å²) in [4.78, 5) is 22.4. The maximum atomic E-state index is 12.1. The molecule has 0 aromatic carbocycles. The molecule has 0 bridgehead atoms. The number of carbonyl (C=O) groups excluding carboxylic acids is 1. The first kappa shape index (κ1) is 16.6. The van der Waals surface area contributed by atoms with Crippen LogP contribution in [-0.4, -0.2) is 73.2 Å². The SMILES string of the molecule is CC(CNC(=O)Nc1nc2c(s1)COCC2)N1CCN(C)CC1. The number of piperazine rings is 1. The second-order valence-electron chi connectivity index (χ2n) is 6.21. The van der Waals surface area contributed by atoms with E-state index in [0.29, 0.717) is 30.9 Å². The average molecular weight is 339 g/mol. The standard InChI is InChI=1S/C15H25N5O2S/c1-11(20-6-4-19(2)5-7-20)9-16-14(21)18-15-17-12-3-8-22-10-13(12)23-15/h11H,3-10H2,1-2H3,(H2,16,17,18,21). The molecule has 1 fully saturated rings. The molecule has 1 aromatic heterocycles. The van der Waals surface area contributed by atoms with Crippen molar-refractivity contribution in [2.45, 2.75) is 26.0 Å². The zero-order chi connectivity index (χ0) is 16.2. The maximum Gasteiger partial charge on any atom is 0.321 e. The van der Waals surface area contributed by atoms with Crippen molar-refractivity contribution >= 4 is 22.5 Å². The van der Waals surface area contributed by atoms with Gasteiger partial charge in [0.1, 0.15) is 0 Å². The molecule has 0 aliphatic carbocycles. The molecule has 2 N–H and O–H groups in total. The predicted octanol–water partition coefficient (Wildman–Crippen LogP) is 0.973. The molecule has 0 saturated carbocycles. The molecule has 1 atom stereocenters. The van der Waals surface area contributed by atoms with Gasteiger partial charge in [-0.25, -0.2) is 9.78 Å². The van der Waals surface area contributed by atoms with Gasteiger partial charge >= 0.3 is 6.03 Å². The summed E-state index contributed by atoms with van der Waals surface area (Å²) in [5.41, 5.74) is 1.06. The molecule has 2 amide bonds. The van der Waals surface area contributed by atoms with Crippen LogP contribution in [0.2, 0.25) is 0 Å². The first-order valence-corrected chi connectivity index (χ1v) is 8.97. The fourth-order valence-corrected chi connectivity index (χ4v) is 3.79. The lowest BCUT2D eigenvalue weighted by Crippen LogP contribution is -2.51. The number of anilines is 1. The Bertz CT molecular complexity index is 518. The van der Waals surface area contributed by atoms with Crippen molar-refractivity contribution in [3.63, 3.8) is 0 Å². The smallest absolute Gasteiger partial charge is 0.321 e. The van der Waals surface area contributed by atoms with Crippen LogP contribution in [0.15, 0.2) is 0 Å². The van der Waals surface area contributed by atoms with Crippen molar-refractivity contribution < 1.29 is 9.53 Å². The summed E-state index contributed by atoms with van der Waals surface area (Å²) in [7, 11) is 2.15. The number of carbonyl (C=O) groups is 1. The Morgan fingerprint density at radius 3 is 2.91 bits per heavy atom. The van der Waals surface area contributed by atoms with E-state index in [2.05, 4.69) is 39.4 Å². The van der Waals surface area contributed by atoms with E-state index in [9.17, 15) is 4.79 Å². The highest BCUT2D eigenvalue weighted by Crippen LogP contribution is 2.26. The number of hydrogen-bond donors (Lipinski definition) is 2. The zero-order valence-corrected chi connectivity index (χ0v) is 14.6. The number of rotatable bonds is 4. The van der Waals surface area contributed by atoms with Gasteiger partial charge in [0.05, 0.1) is 23.8 Å². The van der Waals surface area contributed by atoms with Gasteiger partial charge in [0.15, 0.2) is 5.13 Å². The summed E-state index contributed by atoms with van der Waals surface area (Å²) >= 11 is 1.50. The summed E-state index contributed by atoms with van der Waals surface area (Å²) in [6, 6.07) is 0.158. The second-order valence-corrected chi connectivity index (χ2v) is 7.30. The van der Waals surface area contributed by atoms with Crippen molar-refractivity contribution in [2.24, 2.45) is 0 Å². The molecular formula is C15H25N5O2S. The largest absolute Gasteiger partial charge is 0.375 e. The third-order valence-corrected chi connectivity index (χ3v) is 5.42. The molecule has 3 heterocycles. The molecule has 2 aliphatic heterocycles. The topological polar surface area (TPSA) is 69.7 Å². The number of urea groups is 1. The molecule has 3 rings (SSSR count). The highest BCUT2D eigenvalue weighted by atomic mass is 32.1. The molecule has 2 aliphatic rings. The Morgan fingerprint density at radius 2 is 2.17 bits per heavy atom. The first-order chi connectivity index (χ1) is 11.1. The third kappa shape index (κ3) is 4.41. The number of amides is 2. The summed E-state index contributed by atoms with van der Waals surface area (Å²) in [5.74, 6) is 0. The van der Waals surface area contributed by atoms with E-state index >= 15 is 0 Å². The fourth-order valence-electron chi connectivity index (χ4n) is 2.85. The molecule has 8 heteroatoms. The quantitative estimate of drug-likeness (QED) is 0.856. The van der Waals surface area contributed by atoms with E-state index in [-0.39, 0.29) is 6.03 Å². The van der Waals surface area contributed by atoms with E-state index in [1.165, 1.54) is 11.3 Å². The minimum Gasteiger partial charge on any atom is -0.375 e. The van der Waals surface area contributed by atoms with Crippen LogP contribution in [0.1, 0.15) is 17.5 Å². The minimum atomic E-state index is -0.182. The van der Waals surface area contributed by atoms with Crippen LogP contribution in [0.4, 0.5) is 9.93 Å². The van der Waals surface area contributed by atoms with Crippen molar-refractivity contribution in [1.29, 1.82) is 0 Å². The molecule has 1 unspecified atom stereocenters. The lowest BCUT2D eigenvalue weighted by molar-refractivity contribution is 0.112. The fraction of sp³-hybridized carbons (Fsp3) is 0.733. The second kappa shape index (κ2) is 7.57. The van der Waals surface area contributed by atoms with Crippen LogP contribution in [0.3, 0.4) is 0 Å². The molecule has 7 nitrogen and oxygen atoms in total. The van der Waals surface area contributed by atoms with E-state index in [4.69, 9.17) is 4.74 Å². The number of nitrogens with one attached hydrogen (secondary N) is 2. The molecule has 23 heavy (non-hydrogen) atoms. The van der Waals surface area contributed by atoms with Gasteiger partial charge in [-0.05, 0) is 14.0 Å². The normalized spacial score (nSPS) is 20.8. The van der Waals surface area contributed by atoms with Crippen molar-refractivity contribution in [2.75, 3.05) is 51.7 Å². The number of hydrogen-bond acceptors (Lipinski definition) is 6. The molecule has 1 saturated heterocycles. The Kier molecular flexibility index (Phi) is 5.47. The Labute approximate surface area is 141 Å². The highest BCUT2D eigenvalue weighted by Gasteiger charge is 2.20. The van der Waals surface area contributed by atoms with E-state index < -0.39 is 0 Å². The highest BCUT2D eigenvalue weighted by molar-refractivity contribution is 7.15.